The summed E-state index contributed by atoms with van der Waals surface area (Å²) < 4.78 is 0. The van der Waals surface area contributed by atoms with Gasteiger partial charge in [-0.05, 0) is 44.4 Å². The van der Waals surface area contributed by atoms with Crippen molar-refractivity contribution in [2.24, 2.45) is 5.92 Å². The van der Waals surface area contributed by atoms with Crippen molar-refractivity contribution in [3.63, 3.8) is 0 Å². The summed E-state index contributed by atoms with van der Waals surface area (Å²) in [5, 5.41) is 11.7. The molecule has 2 amide bonds. The van der Waals surface area contributed by atoms with Crippen LogP contribution >= 0.6 is 0 Å². The molecule has 0 aromatic heterocycles. The Bertz CT molecular complexity index is 318. The number of nitrogens with one attached hydrogen (secondary N) is 1. The average Bonchev–Trinajstić information content (AvgIpc) is 2.41. The minimum atomic E-state index is -0.784. The van der Waals surface area contributed by atoms with E-state index in [0.717, 1.165) is 38.6 Å². The summed E-state index contributed by atoms with van der Waals surface area (Å²) in [4.78, 5) is 24.7. The molecule has 1 saturated heterocycles. The number of carbonyl (C=O) groups is 2. The lowest BCUT2D eigenvalue weighted by molar-refractivity contribution is -0.137. The second kappa shape index (κ2) is 8.82. The van der Waals surface area contributed by atoms with Gasteiger partial charge in [0.25, 0.3) is 0 Å². The Morgan fingerprint density at radius 2 is 2.10 bits per heavy atom. The standard InChI is InChI=1S/C15H28N2O3/c1-12(2)6-5-10-16-15(20)17-11-4-3-7-13(17)8-9-14(18)19/h12-13H,3-11H2,1-2H3,(H,16,20)(H,18,19). The number of hydrogen-bond acceptors (Lipinski definition) is 2. The molecular formula is C15H28N2O3. The summed E-state index contributed by atoms with van der Waals surface area (Å²) in [5.41, 5.74) is 0. The quantitative estimate of drug-likeness (QED) is 0.706. The maximum Gasteiger partial charge on any atom is 0.317 e. The Morgan fingerprint density at radius 3 is 2.75 bits per heavy atom. The van der Waals surface area contributed by atoms with E-state index in [2.05, 4.69) is 19.2 Å². The summed E-state index contributed by atoms with van der Waals surface area (Å²) in [7, 11) is 0. The van der Waals surface area contributed by atoms with E-state index >= 15 is 0 Å². The van der Waals surface area contributed by atoms with Crippen LogP contribution in [0.2, 0.25) is 0 Å². The third-order valence-corrected chi connectivity index (χ3v) is 3.81. The van der Waals surface area contributed by atoms with Crippen LogP contribution in [0.15, 0.2) is 0 Å². The van der Waals surface area contributed by atoms with Gasteiger partial charge in [-0.1, -0.05) is 13.8 Å². The van der Waals surface area contributed by atoms with Crippen LogP contribution in [0.25, 0.3) is 0 Å². The van der Waals surface area contributed by atoms with Crippen LogP contribution in [-0.4, -0.2) is 41.1 Å². The Balaban J connectivity index is 2.35. The van der Waals surface area contributed by atoms with Gasteiger partial charge >= 0.3 is 12.0 Å². The first-order valence-electron chi connectivity index (χ1n) is 7.77. The van der Waals surface area contributed by atoms with E-state index in [1.165, 1.54) is 0 Å². The molecule has 0 bridgehead atoms. The van der Waals surface area contributed by atoms with E-state index in [9.17, 15) is 9.59 Å². The van der Waals surface area contributed by atoms with Gasteiger partial charge in [-0.2, -0.15) is 0 Å². The summed E-state index contributed by atoms with van der Waals surface area (Å²) >= 11 is 0. The Kier molecular flexibility index (Phi) is 7.41. The number of carboxylic acids is 1. The lowest BCUT2D eigenvalue weighted by Crippen LogP contribution is -2.49. The third kappa shape index (κ3) is 6.26. The second-order valence-electron chi connectivity index (χ2n) is 6.04. The van der Waals surface area contributed by atoms with Crippen molar-refractivity contribution in [1.29, 1.82) is 0 Å². The molecule has 1 rings (SSSR count). The Labute approximate surface area is 121 Å². The second-order valence-corrected chi connectivity index (χ2v) is 6.04. The van der Waals surface area contributed by atoms with Crippen LogP contribution in [-0.2, 0) is 4.79 Å². The number of carboxylic acid groups (broad SMARTS) is 1. The molecule has 0 spiro atoms. The lowest BCUT2D eigenvalue weighted by atomic mass is 9.98. The molecule has 5 heteroatoms. The maximum atomic E-state index is 12.2. The van der Waals surface area contributed by atoms with E-state index in [0.29, 0.717) is 18.9 Å². The molecule has 1 heterocycles. The van der Waals surface area contributed by atoms with E-state index in [1.807, 2.05) is 4.90 Å². The largest absolute Gasteiger partial charge is 0.481 e. The molecule has 0 aliphatic carbocycles. The van der Waals surface area contributed by atoms with Crippen LogP contribution < -0.4 is 5.32 Å². The first-order chi connectivity index (χ1) is 9.50. The van der Waals surface area contributed by atoms with Gasteiger partial charge in [-0.25, -0.2) is 4.79 Å². The van der Waals surface area contributed by atoms with Crippen molar-refractivity contribution in [2.75, 3.05) is 13.1 Å². The SMILES string of the molecule is CC(C)CCCNC(=O)N1CCCCC1CCC(=O)O. The number of nitrogens with zero attached hydrogens (tertiary/aromatic N) is 1. The van der Waals surface area contributed by atoms with Crippen molar-refractivity contribution in [3.8, 4) is 0 Å². The average molecular weight is 284 g/mol. The van der Waals surface area contributed by atoms with Gasteiger partial charge < -0.3 is 15.3 Å². The fourth-order valence-electron chi connectivity index (χ4n) is 2.67. The molecule has 116 valence electrons. The van der Waals surface area contributed by atoms with E-state index in [4.69, 9.17) is 5.11 Å². The summed E-state index contributed by atoms with van der Waals surface area (Å²) in [6.45, 7) is 5.81. The molecule has 1 fully saturated rings. The minimum absolute atomic E-state index is 0.0242. The van der Waals surface area contributed by atoms with Crippen molar-refractivity contribution in [3.05, 3.63) is 0 Å². The molecular weight excluding hydrogens is 256 g/mol. The first kappa shape index (κ1) is 16.8. The molecule has 1 aliphatic rings. The van der Waals surface area contributed by atoms with Crippen molar-refractivity contribution in [2.45, 2.75) is 64.8 Å². The summed E-state index contributed by atoms with van der Waals surface area (Å²) in [6, 6.07) is 0.0637. The lowest BCUT2D eigenvalue weighted by Gasteiger charge is -2.35. The van der Waals surface area contributed by atoms with Crippen LogP contribution in [0, 0.1) is 5.92 Å². The Morgan fingerprint density at radius 1 is 1.35 bits per heavy atom. The van der Waals surface area contributed by atoms with Crippen LogP contribution in [0.1, 0.15) is 58.8 Å². The zero-order valence-corrected chi connectivity index (χ0v) is 12.7. The monoisotopic (exact) mass is 284 g/mol. The van der Waals surface area contributed by atoms with E-state index in [-0.39, 0.29) is 18.5 Å². The molecule has 1 atom stereocenters. The van der Waals surface area contributed by atoms with Crippen LogP contribution in [0.3, 0.4) is 0 Å². The van der Waals surface area contributed by atoms with Crippen molar-refractivity contribution >= 4 is 12.0 Å². The Hall–Kier alpha value is -1.26. The van der Waals surface area contributed by atoms with E-state index < -0.39 is 5.97 Å². The number of carbonyl (C=O) groups excluding carboxylic acids is 1. The van der Waals surface area contributed by atoms with Gasteiger partial charge in [0.2, 0.25) is 0 Å². The van der Waals surface area contributed by atoms with Gasteiger partial charge in [0.05, 0.1) is 0 Å². The highest BCUT2D eigenvalue weighted by molar-refractivity contribution is 5.74. The van der Waals surface area contributed by atoms with Gasteiger partial charge in [0.15, 0.2) is 0 Å². The maximum absolute atomic E-state index is 12.2. The molecule has 0 saturated carbocycles. The molecule has 0 radical (unpaired) electrons. The van der Waals surface area contributed by atoms with Crippen LogP contribution in [0.4, 0.5) is 4.79 Å². The van der Waals surface area contributed by atoms with E-state index in [1.54, 1.807) is 0 Å². The molecule has 2 N–H and O–H groups in total. The van der Waals surface area contributed by atoms with Crippen molar-refractivity contribution < 1.29 is 14.7 Å². The highest BCUT2D eigenvalue weighted by Gasteiger charge is 2.26. The molecule has 5 nitrogen and oxygen atoms in total. The summed E-state index contributed by atoms with van der Waals surface area (Å²) in [6.07, 6.45) is 5.84. The molecule has 0 aromatic carbocycles. The zero-order chi connectivity index (χ0) is 15.0. The van der Waals surface area contributed by atoms with Gasteiger partial charge in [0, 0.05) is 25.6 Å². The summed E-state index contributed by atoms with van der Waals surface area (Å²) in [5.74, 6) is -0.127. The number of amides is 2. The fourth-order valence-corrected chi connectivity index (χ4v) is 2.67. The zero-order valence-electron chi connectivity index (χ0n) is 12.7. The predicted octanol–water partition coefficient (Wildman–Crippen LogP) is 2.85. The molecule has 1 aliphatic heterocycles. The highest BCUT2D eigenvalue weighted by Crippen LogP contribution is 2.21. The number of hydrogen-bond donors (Lipinski definition) is 2. The smallest absolute Gasteiger partial charge is 0.317 e. The predicted molar refractivity (Wildman–Crippen MR) is 78.7 cm³/mol. The van der Waals surface area contributed by atoms with Gasteiger partial charge in [-0.3, -0.25) is 4.79 Å². The normalized spacial score (nSPS) is 19.1. The van der Waals surface area contributed by atoms with Gasteiger partial charge in [-0.15, -0.1) is 0 Å². The number of piperidine rings is 1. The molecule has 1 unspecified atom stereocenters. The number of likely N-dealkylation sites (tertiary alicyclic amines) is 1. The minimum Gasteiger partial charge on any atom is -0.481 e. The van der Waals surface area contributed by atoms with Crippen LogP contribution in [0.5, 0.6) is 0 Å². The number of aliphatic carboxylic acids is 1. The number of urea groups is 1. The fraction of sp³-hybridized carbons (Fsp3) is 0.867. The topological polar surface area (TPSA) is 69.6 Å². The molecule has 0 aromatic rings. The number of rotatable bonds is 7. The van der Waals surface area contributed by atoms with Crippen molar-refractivity contribution in [1.82, 2.24) is 10.2 Å². The van der Waals surface area contributed by atoms with Gasteiger partial charge in [0.1, 0.15) is 0 Å². The first-order valence-corrected chi connectivity index (χ1v) is 7.77. The third-order valence-electron chi connectivity index (χ3n) is 3.81. The highest BCUT2D eigenvalue weighted by atomic mass is 16.4. The molecule has 20 heavy (non-hydrogen) atoms.